The normalized spacial score (nSPS) is 18.0. The number of hydrogen-bond donors (Lipinski definition) is 8. The van der Waals surface area contributed by atoms with Crippen LogP contribution in [0.3, 0.4) is 0 Å². The number of benzene rings is 1. The zero-order valence-electron chi connectivity index (χ0n) is 31.3. The first-order valence-electron chi connectivity index (χ1n) is 19.1. The van der Waals surface area contributed by atoms with Crippen molar-refractivity contribution >= 4 is 44.4 Å². The van der Waals surface area contributed by atoms with E-state index in [1.807, 2.05) is 6.07 Å². The molecule has 0 bridgehead atoms. The van der Waals surface area contributed by atoms with Crippen LogP contribution in [0, 0.1) is 5.92 Å². The predicted molar refractivity (Wildman–Crippen MR) is 208 cm³/mol. The predicted octanol–water partition coefficient (Wildman–Crippen LogP) is -0.860. The summed E-state index contributed by atoms with van der Waals surface area (Å²) in [7, 11) is -4.12. The van der Waals surface area contributed by atoms with E-state index in [4.69, 9.17) is 10.5 Å². The average molecular weight is 811 g/mol. The van der Waals surface area contributed by atoms with E-state index in [0.717, 1.165) is 32.1 Å². The number of morpholine rings is 1. The molecule has 0 unspecified atom stereocenters. The van der Waals surface area contributed by atoms with Crippen LogP contribution in [0.4, 0.5) is 5.13 Å². The maximum Gasteiger partial charge on any atom is 0.280 e. The first-order valence-corrected chi connectivity index (χ1v) is 21.4. The van der Waals surface area contributed by atoms with Crippen molar-refractivity contribution in [2.24, 2.45) is 5.92 Å². The molecule has 2 aromatic rings. The first-order chi connectivity index (χ1) is 26.5. The lowest BCUT2D eigenvalue weighted by Crippen LogP contribution is -2.59. The molecule has 4 atom stereocenters. The van der Waals surface area contributed by atoms with Crippen molar-refractivity contribution in [3.63, 3.8) is 0 Å². The Morgan fingerprint density at radius 1 is 0.964 bits per heavy atom. The number of aliphatic hydroxyl groups is 3. The number of nitrogen functional groups attached to an aromatic ring is 1. The zero-order chi connectivity index (χ0) is 39.6. The van der Waals surface area contributed by atoms with Crippen LogP contribution >= 0.6 is 11.3 Å². The van der Waals surface area contributed by atoms with Crippen LogP contribution in [-0.2, 0) is 42.2 Å². The van der Waals surface area contributed by atoms with Gasteiger partial charge in [-0.05, 0) is 24.3 Å². The van der Waals surface area contributed by atoms with Crippen LogP contribution in [0.1, 0.15) is 56.2 Å². The molecule has 17 nitrogen and oxygen atoms in total. The minimum absolute atomic E-state index is 0.00409. The van der Waals surface area contributed by atoms with E-state index >= 15 is 0 Å². The van der Waals surface area contributed by atoms with Crippen LogP contribution in [0.5, 0.6) is 0 Å². The average Bonchev–Trinajstić information content (AvgIpc) is 3.59. The fourth-order valence-corrected chi connectivity index (χ4v) is 8.84. The van der Waals surface area contributed by atoms with Crippen molar-refractivity contribution in [1.29, 1.82) is 0 Å². The van der Waals surface area contributed by atoms with Crippen molar-refractivity contribution in [2.75, 3.05) is 71.4 Å². The van der Waals surface area contributed by atoms with Crippen LogP contribution < -0.4 is 26.4 Å². The highest BCUT2D eigenvalue weighted by Crippen LogP contribution is 2.28. The summed E-state index contributed by atoms with van der Waals surface area (Å²) in [6.07, 6.45) is 3.79. The Morgan fingerprint density at radius 2 is 1.64 bits per heavy atom. The van der Waals surface area contributed by atoms with Gasteiger partial charge in [0.1, 0.15) is 12.1 Å². The van der Waals surface area contributed by atoms with Gasteiger partial charge in [-0.1, -0.05) is 62.4 Å². The Hall–Kier alpha value is -3.27. The molecule has 1 saturated carbocycles. The van der Waals surface area contributed by atoms with Crippen LogP contribution in [-0.4, -0.2) is 146 Å². The summed E-state index contributed by atoms with van der Waals surface area (Å²) in [5.74, 6) is -1.58. The van der Waals surface area contributed by atoms with Gasteiger partial charge < -0.3 is 41.7 Å². The summed E-state index contributed by atoms with van der Waals surface area (Å²) in [5.41, 5.74) is 7.03. The zero-order valence-corrected chi connectivity index (χ0v) is 32.9. The minimum atomic E-state index is -4.12. The molecular formula is C36H58N8O9S2. The highest BCUT2D eigenvalue weighted by atomic mass is 32.2. The molecule has 2 aliphatic rings. The Kier molecular flexibility index (Phi) is 18.6. The molecule has 3 amide bonds. The van der Waals surface area contributed by atoms with Gasteiger partial charge in [0.05, 0.1) is 50.7 Å². The topological polar surface area (TPSA) is 249 Å². The third kappa shape index (κ3) is 15.3. The standard InChI is InChI=1S/C36H58N8O9S2/c37-36-39-28(25-54-36)23-30(41-35(50)31(22-27-9-5-2-6-10-27)42-55(51,52)44-15-19-53-20-16-44)34(49)40-29(21-26-7-3-1-4-8-26)32(47)24-33(48)38-11-12-43(13-17-45)14-18-46/h2,5-6,9-10,25-26,29-32,42,45-47H,1,3-4,7-8,11-24H2,(H2,37,39)(H,38,48)(H,40,49)(H,41,50)/t29-,30-,31-,32-/m0/s1. The number of carbonyl (C=O) groups is 3. The van der Waals surface area contributed by atoms with Gasteiger partial charge in [0.2, 0.25) is 17.7 Å². The number of nitrogens with one attached hydrogen (secondary N) is 4. The minimum Gasteiger partial charge on any atom is -0.395 e. The fourth-order valence-electron chi connectivity index (χ4n) is 6.94. The van der Waals surface area contributed by atoms with E-state index in [-0.39, 0.29) is 76.4 Å². The molecule has 1 aromatic heterocycles. The molecule has 1 aliphatic heterocycles. The van der Waals surface area contributed by atoms with Crippen molar-refractivity contribution < 1.29 is 42.9 Å². The SMILES string of the molecule is Nc1nc(C[C@H](NC(=O)[C@H](Cc2ccccc2)NS(=O)(=O)N2CCOCC2)C(=O)N[C@@H](CC2CCCCC2)[C@@H](O)CC(=O)NCCN(CCO)CCO)cs1. The largest absolute Gasteiger partial charge is 0.395 e. The van der Waals surface area contributed by atoms with Crippen LogP contribution in [0.15, 0.2) is 35.7 Å². The first kappa shape index (κ1) is 44.4. The van der Waals surface area contributed by atoms with Gasteiger partial charge in [0.25, 0.3) is 10.2 Å². The number of ether oxygens (including phenoxy) is 1. The number of hydrogen-bond acceptors (Lipinski definition) is 13. The Labute approximate surface area is 327 Å². The molecule has 308 valence electrons. The summed E-state index contributed by atoms with van der Waals surface area (Å²) >= 11 is 1.17. The highest BCUT2D eigenvalue weighted by Gasteiger charge is 2.35. The molecule has 4 rings (SSSR count). The van der Waals surface area contributed by atoms with E-state index < -0.39 is 52.2 Å². The third-order valence-corrected chi connectivity index (χ3v) is 12.2. The molecule has 2 fully saturated rings. The molecule has 2 heterocycles. The van der Waals surface area contributed by atoms with Gasteiger partial charge in [0, 0.05) is 51.1 Å². The van der Waals surface area contributed by atoms with Gasteiger partial charge in [-0.15, -0.1) is 11.3 Å². The van der Waals surface area contributed by atoms with E-state index in [2.05, 4.69) is 25.7 Å². The second kappa shape index (κ2) is 23.1. The van der Waals surface area contributed by atoms with Crippen molar-refractivity contribution in [2.45, 2.75) is 82.0 Å². The van der Waals surface area contributed by atoms with Gasteiger partial charge in [0.15, 0.2) is 5.13 Å². The number of anilines is 1. The molecule has 1 saturated heterocycles. The van der Waals surface area contributed by atoms with E-state index in [9.17, 15) is 38.1 Å². The lowest BCUT2D eigenvalue weighted by atomic mass is 9.83. The lowest BCUT2D eigenvalue weighted by Gasteiger charge is -2.32. The molecule has 0 radical (unpaired) electrons. The molecular weight excluding hydrogens is 753 g/mol. The number of thiazole rings is 1. The third-order valence-electron chi connectivity index (χ3n) is 9.90. The van der Waals surface area contributed by atoms with Crippen LogP contribution in [0.25, 0.3) is 0 Å². The second-order valence-corrected chi connectivity index (χ2v) is 16.7. The molecule has 1 aliphatic carbocycles. The molecule has 55 heavy (non-hydrogen) atoms. The molecule has 0 spiro atoms. The number of aliphatic hydroxyl groups excluding tert-OH is 3. The number of amides is 3. The Balaban J connectivity index is 1.52. The Bertz CT molecular complexity index is 1570. The van der Waals surface area contributed by atoms with Crippen molar-refractivity contribution in [3.8, 4) is 0 Å². The molecule has 9 N–H and O–H groups in total. The summed E-state index contributed by atoms with van der Waals surface area (Å²) in [6.45, 7) is 1.81. The Morgan fingerprint density at radius 3 is 2.27 bits per heavy atom. The van der Waals surface area contributed by atoms with Crippen molar-refractivity contribution in [1.82, 2.24) is 34.9 Å². The number of nitrogens with zero attached hydrogens (tertiary/aromatic N) is 3. The fraction of sp³-hybridized carbons (Fsp3) is 0.667. The van der Waals surface area contributed by atoms with E-state index in [1.165, 1.54) is 15.6 Å². The van der Waals surface area contributed by atoms with Crippen LogP contribution in [0.2, 0.25) is 0 Å². The summed E-state index contributed by atoms with van der Waals surface area (Å²) in [5, 5.41) is 40.4. The van der Waals surface area contributed by atoms with Gasteiger partial charge in [-0.2, -0.15) is 17.4 Å². The van der Waals surface area contributed by atoms with Gasteiger partial charge in [-0.3, -0.25) is 19.3 Å². The van der Waals surface area contributed by atoms with Gasteiger partial charge in [-0.25, -0.2) is 4.98 Å². The maximum atomic E-state index is 14.2. The summed E-state index contributed by atoms with van der Waals surface area (Å²) in [4.78, 5) is 47.4. The summed E-state index contributed by atoms with van der Waals surface area (Å²) in [6, 6.07) is 5.57. The number of aromatic nitrogens is 1. The maximum absolute atomic E-state index is 14.2. The molecule has 19 heteroatoms. The lowest BCUT2D eigenvalue weighted by molar-refractivity contribution is -0.131. The van der Waals surface area contributed by atoms with E-state index in [1.54, 1.807) is 34.5 Å². The number of rotatable bonds is 23. The quantitative estimate of drug-likeness (QED) is 0.0684. The number of nitrogens with two attached hydrogens (primary N) is 1. The smallest absolute Gasteiger partial charge is 0.280 e. The van der Waals surface area contributed by atoms with Crippen molar-refractivity contribution in [3.05, 3.63) is 47.0 Å². The second-order valence-electron chi connectivity index (χ2n) is 14.1. The highest BCUT2D eigenvalue weighted by molar-refractivity contribution is 7.87. The van der Waals surface area contributed by atoms with Gasteiger partial charge >= 0.3 is 0 Å². The monoisotopic (exact) mass is 810 g/mol. The summed E-state index contributed by atoms with van der Waals surface area (Å²) < 4.78 is 36.0. The molecule has 1 aromatic carbocycles. The van der Waals surface area contributed by atoms with E-state index in [0.29, 0.717) is 37.3 Å². The number of carbonyl (C=O) groups excluding carboxylic acids is 3.